The van der Waals surface area contributed by atoms with Crippen LogP contribution in [-0.4, -0.2) is 19.8 Å². The van der Waals surface area contributed by atoms with E-state index in [1.165, 1.54) is 6.07 Å². The van der Waals surface area contributed by atoms with Gasteiger partial charge < -0.3 is 10.1 Å². The van der Waals surface area contributed by atoms with E-state index in [0.717, 1.165) is 6.07 Å². The van der Waals surface area contributed by atoms with Gasteiger partial charge in [-0.15, -0.1) is 0 Å². The molecule has 0 spiro atoms. The summed E-state index contributed by atoms with van der Waals surface area (Å²) in [7, 11) is 1.61. The van der Waals surface area contributed by atoms with Crippen molar-refractivity contribution < 1.29 is 13.5 Å². The predicted molar refractivity (Wildman–Crippen MR) is 54.5 cm³/mol. The number of ether oxygens (including phenoxy) is 1. The zero-order valence-electron chi connectivity index (χ0n) is 8.89. The van der Waals surface area contributed by atoms with E-state index in [1.807, 2.05) is 6.92 Å². The minimum absolute atomic E-state index is 0.0571. The highest BCUT2D eigenvalue weighted by Gasteiger charge is 2.07. The van der Waals surface area contributed by atoms with Gasteiger partial charge in [0.25, 0.3) is 0 Å². The van der Waals surface area contributed by atoms with Crippen molar-refractivity contribution in [1.29, 1.82) is 0 Å². The Morgan fingerprint density at radius 3 is 2.80 bits per heavy atom. The number of hydrogen-bond acceptors (Lipinski definition) is 2. The first-order chi connectivity index (χ1) is 7.15. The summed E-state index contributed by atoms with van der Waals surface area (Å²) in [6.45, 7) is 2.80. The molecule has 0 amide bonds. The largest absolute Gasteiger partial charge is 0.380 e. The van der Waals surface area contributed by atoms with Gasteiger partial charge >= 0.3 is 0 Å². The first-order valence-electron chi connectivity index (χ1n) is 4.81. The molecule has 1 aromatic rings. The van der Waals surface area contributed by atoms with Crippen LogP contribution in [0, 0.1) is 11.6 Å². The van der Waals surface area contributed by atoms with Crippen LogP contribution in [0.4, 0.5) is 8.78 Å². The van der Waals surface area contributed by atoms with Crippen LogP contribution in [0.1, 0.15) is 12.5 Å². The van der Waals surface area contributed by atoms with Gasteiger partial charge in [-0.25, -0.2) is 8.78 Å². The van der Waals surface area contributed by atoms with Crippen LogP contribution in [0.25, 0.3) is 0 Å². The number of nitrogens with one attached hydrogen (secondary N) is 1. The van der Waals surface area contributed by atoms with Crippen LogP contribution < -0.4 is 5.32 Å². The number of halogens is 2. The van der Waals surface area contributed by atoms with Gasteiger partial charge in [-0.2, -0.15) is 0 Å². The van der Waals surface area contributed by atoms with Crippen molar-refractivity contribution in [3.05, 3.63) is 35.4 Å². The van der Waals surface area contributed by atoms with Crippen molar-refractivity contribution in [1.82, 2.24) is 5.32 Å². The normalized spacial score (nSPS) is 12.8. The summed E-state index contributed by atoms with van der Waals surface area (Å²) in [6.07, 6.45) is 0.0571. The molecule has 0 bridgehead atoms. The topological polar surface area (TPSA) is 21.3 Å². The molecule has 0 fully saturated rings. The fourth-order valence-corrected chi connectivity index (χ4v) is 1.18. The average Bonchev–Trinajstić information content (AvgIpc) is 2.24. The second-order valence-corrected chi connectivity index (χ2v) is 3.39. The Kier molecular flexibility index (Phi) is 4.65. The van der Waals surface area contributed by atoms with Crippen LogP contribution in [-0.2, 0) is 11.3 Å². The molecule has 0 heterocycles. The van der Waals surface area contributed by atoms with Crippen molar-refractivity contribution >= 4 is 0 Å². The molecular formula is C11H15F2NO. The fraction of sp³-hybridized carbons (Fsp3) is 0.455. The molecule has 0 saturated carbocycles. The Hall–Kier alpha value is -1.00. The maximum absolute atomic E-state index is 13.2. The number of benzene rings is 1. The van der Waals surface area contributed by atoms with Crippen LogP contribution in [0.3, 0.4) is 0 Å². The smallest absolute Gasteiger partial charge is 0.163 e. The summed E-state index contributed by atoms with van der Waals surface area (Å²) < 4.78 is 31.0. The Bertz CT molecular complexity index is 317. The zero-order valence-corrected chi connectivity index (χ0v) is 8.89. The zero-order chi connectivity index (χ0) is 11.3. The third-order valence-corrected chi connectivity index (χ3v) is 2.18. The van der Waals surface area contributed by atoms with Gasteiger partial charge in [-0.1, -0.05) is 12.1 Å². The molecule has 0 saturated heterocycles. The minimum Gasteiger partial charge on any atom is -0.380 e. The van der Waals surface area contributed by atoms with Crippen molar-refractivity contribution in [2.24, 2.45) is 0 Å². The van der Waals surface area contributed by atoms with Crippen molar-refractivity contribution in [3.8, 4) is 0 Å². The summed E-state index contributed by atoms with van der Waals surface area (Å²) in [5.74, 6) is -1.59. The quantitative estimate of drug-likeness (QED) is 0.812. The number of methoxy groups -OCH3 is 1. The molecule has 84 valence electrons. The molecule has 0 radical (unpaired) electrons. The lowest BCUT2D eigenvalue weighted by Crippen LogP contribution is -2.25. The highest BCUT2D eigenvalue weighted by molar-refractivity contribution is 5.18. The van der Waals surface area contributed by atoms with Gasteiger partial charge in [-0.05, 0) is 13.0 Å². The highest BCUT2D eigenvalue weighted by atomic mass is 19.2. The molecule has 0 aromatic heterocycles. The van der Waals surface area contributed by atoms with Gasteiger partial charge in [0.05, 0.1) is 6.10 Å². The van der Waals surface area contributed by atoms with E-state index in [-0.39, 0.29) is 6.10 Å². The second-order valence-electron chi connectivity index (χ2n) is 3.39. The second kappa shape index (κ2) is 5.78. The monoisotopic (exact) mass is 215 g/mol. The van der Waals surface area contributed by atoms with Crippen molar-refractivity contribution in [3.63, 3.8) is 0 Å². The van der Waals surface area contributed by atoms with E-state index in [4.69, 9.17) is 4.74 Å². The Balaban J connectivity index is 2.47. The first-order valence-corrected chi connectivity index (χ1v) is 4.81. The van der Waals surface area contributed by atoms with E-state index < -0.39 is 11.6 Å². The lowest BCUT2D eigenvalue weighted by atomic mass is 10.2. The molecule has 1 atom stereocenters. The summed E-state index contributed by atoms with van der Waals surface area (Å²) >= 11 is 0. The minimum atomic E-state index is -0.811. The van der Waals surface area contributed by atoms with E-state index in [9.17, 15) is 8.78 Å². The predicted octanol–water partition coefficient (Wildman–Crippen LogP) is 2.09. The maximum atomic E-state index is 13.2. The Morgan fingerprint density at radius 2 is 2.13 bits per heavy atom. The lowest BCUT2D eigenvalue weighted by Gasteiger charge is -2.11. The maximum Gasteiger partial charge on any atom is 0.163 e. The van der Waals surface area contributed by atoms with E-state index in [1.54, 1.807) is 13.2 Å². The SMILES string of the molecule is COC(C)CNCc1cccc(F)c1F. The molecule has 1 N–H and O–H groups in total. The van der Waals surface area contributed by atoms with E-state index in [2.05, 4.69) is 5.32 Å². The van der Waals surface area contributed by atoms with Crippen LogP contribution in [0.2, 0.25) is 0 Å². The number of hydrogen-bond donors (Lipinski definition) is 1. The molecule has 1 aromatic carbocycles. The standard InChI is InChI=1S/C11H15F2NO/c1-8(15-2)6-14-7-9-4-3-5-10(12)11(9)13/h3-5,8,14H,6-7H2,1-2H3. The van der Waals surface area contributed by atoms with Crippen LogP contribution in [0.15, 0.2) is 18.2 Å². The highest BCUT2D eigenvalue weighted by Crippen LogP contribution is 2.10. The van der Waals surface area contributed by atoms with Gasteiger partial charge in [0, 0.05) is 25.8 Å². The fourth-order valence-electron chi connectivity index (χ4n) is 1.18. The Morgan fingerprint density at radius 1 is 1.40 bits per heavy atom. The summed E-state index contributed by atoms with van der Waals surface area (Å²) in [5, 5.41) is 2.99. The molecule has 15 heavy (non-hydrogen) atoms. The number of rotatable bonds is 5. The van der Waals surface area contributed by atoms with Crippen molar-refractivity contribution in [2.75, 3.05) is 13.7 Å². The average molecular weight is 215 g/mol. The summed E-state index contributed by atoms with van der Waals surface area (Å²) in [4.78, 5) is 0. The molecular weight excluding hydrogens is 200 g/mol. The summed E-state index contributed by atoms with van der Waals surface area (Å²) in [6, 6.07) is 4.16. The lowest BCUT2D eigenvalue weighted by molar-refractivity contribution is 0.117. The van der Waals surface area contributed by atoms with E-state index in [0.29, 0.717) is 18.7 Å². The molecule has 1 unspecified atom stereocenters. The summed E-state index contributed by atoms with van der Waals surface area (Å²) in [5.41, 5.74) is 0.332. The van der Waals surface area contributed by atoms with Crippen LogP contribution >= 0.6 is 0 Å². The third-order valence-electron chi connectivity index (χ3n) is 2.18. The van der Waals surface area contributed by atoms with Crippen LogP contribution in [0.5, 0.6) is 0 Å². The molecule has 2 nitrogen and oxygen atoms in total. The van der Waals surface area contributed by atoms with Gasteiger partial charge in [-0.3, -0.25) is 0 Å². The van der Waals surface area contributed by atoms with E-state index >= 15 is 0 Å². The van der Waals surface area contributed by atoms with Gasteiger partial charge in [0.15, 0.2) is 11.6 Å². The van der Waals surface area contributed by atoms with Gasteiger partial charge in [0.1, 0.15) is 0 Å². The molecule has 0 aliphatic rings. The Labute approximate surface area is 88.3 Å². The molecule has 0 aliphatic carbocycles. The molecule has 1 rings (SSSR count). The van der Waals surface area contributed by atoms with Crippen molar-refractivity contribution in [2.45, 2.75) is 19.6 Å². The van der Waals surface area contributed by atoms with Gasteiger partial charge in [0.2, 0.25) is 0 Å². The third kappa shape index (κ3) is 3.57. The molecule has 0 aliphatic heterocycles. The first kappa shape index (κ1) is 12.1. The molecule has 4 heteroatoms.